The van der Waals surface area contributed by atoms with E-state index in [0.29, 0.717) is 17.7 Å². The maximum Gasteiger partial charge on any atom is 0.251 e. The number of carbonyl (C=O) groups excluding carboxylic acids is 1. The normalized spacial score (nSPS) is 15.2. The first-order valence-corrected chi connectivity index (χ1v) is 8.70. The molecule has 1 aliphatic rings. The van der Waals surface area contributed by atoms with Crippen molar-refractivity contribution in [1.29, 1.82) is 0 Å². The fourth-order valence-electron chi connectivity index (χ4n) is 3.03. The minimum absolute atomic E-state index is 0.221. The van der Waals surface area contributed by atoms with Crippen molar-refractivity contribution in [2.45, 2.75) is 6.92 Å². The molecule has 0 bridgehead atoms. The molecule has 2 aromatic carbocycles. The molecule has 1 heterocycles. The third kappa shape index (κ3) is 4.57. The number of aryl methyl sites for hydroxylation is 1. The summed E-state index contributed by atoms with van der Waals surface area (Å²) in [5.41, 5.74) is 2.18. The van der Waals surface area contributed by atoms with Crippen molar-refractivity contribution >= 4 is 11.6 Å². The fourth-order valence-corrected chi connectivity index (χ4v) is 3.03. The van der Waals surface area contributed by atoms with Gasteiger partial charge in [0.25, 0.3) is 5.91 Å². The van der Waals surface area contributed by atoms with Crippen LogP contribution in [0, 0.1) is 12.7 Å². The van der Waals surface area contributed by atoms with Gasteiger partial charge in [0.15, 0.2) is 0 Å². The van der Waals surface area contributed by atoms with Crippen LogP contribution in [0.2, 0.25) is 0 Å². The zero-order valence-electron chi connectivity index (χ0n) is 14.5. The highest BCUT2D eigenvalue weighted by Crippen LogP contribution is 2.15. The molecular formula is C20H24FN3O. The van der Waals surface area contributed by atoms with E-state index in [9.17, 15) is 9.18 Å². The second-order valence-electron chi connectivity index (χ2n) is 6.38. The molecule has 2 aromatic rings. The van der Waals surface area contributed by atoms with Crippen molar-refractivity contribution in [3.05, 3.63) is 65.5 Å². The van der Waals surface area contributed by atoms with Gasteiger partial charge in [0, 0.05) is 50.5 Å². The summed E-state index contributed by atoms with van der Waals surface area (Å²) in [5.74, 6) is -0.563. The van der Waals surface area contributed by atoms with Crippen molar-refractivity contribution in [3.8, 4) is 0 Å². The van der Waals surface area contributed by atoms with Crippen molar-refractivity contribution < 1.29 is 9.18 Å². The number of hydrogen-bond donors (Lipinski definition) is 1. The highest BCUT2D eigenvalue weighted by molar-refractivity contribution is 5.94. The molecule has 0 radical (unpaired) electrons. The standard InChI is InChI=1S/C20H24FN3O/c1-16-7-8-17(15-19(16)21)20(25)22-9-10-23-11-13-24(14-12-23)18-5-3-2-4-6-18/h2-8,15H,9-14H2,1H3,(H,22,25). The Kier molecular flexibility index (Phi) is 5.66. The summed E-state index contributed by atoms with van der Waals surface area (Å²) in [6.07, 6.45) is 0. The van der Waals surface area contributed by atoms with Gasteiger partial charge in [-0.2, -0.15) is 0 Å². The molecule has 5 heteroatoms. The van der Waals surface area contributed by atoms with Crippen LogP contribution in [0.1, 0.15) is 15.9 Å². The van der Waals surface area contributed by atoms with E-state index in [-0.39, 0.29) is 11.7 Å². The van der Waals surface area contributed by atoms with Gasteiger partial charge < -0.3 is 10.2 Å². The molecule has 25 heavy (non-hydrogen) atoms. The van der Waals surface area contributed by atoms with Gasteiger partial charge in [-0.1, -0.05) is 24.3 Å². The van der Waals surface area contributed by atoms with Crippen LogP contribution in [0.3, 0.4) is 0 Å². The Morgan fingerprint density at radius 2 is 1.80 bits per heavy atom. The van der Waals surface area contributed by atoms with Gasteiger partial charge in [-0.25, -0.2) is 4.39 Å². The van der Waals surface area contributed by atoms with Gasteiger partial charge in [0.05, 0.1) is 0 Å². The van der Waals surface area contributed by atoms with Crippen LogP contribution >= 0.6 is 0 Å². The lowest BCUT2D eigenvalue weighted by atomic mass is 10.1. The summed E-state index contributed by atoms with van der Waals surface area (Å²) in [7, 11) is 0. The molecule has 1 fully saturated rings. The predicted molar refractivity (Wildman–Crippen MR) is 98.6 cm³/mol. The molecule has 4 nitrogen and oxygen atoms in total. The fraction of sp³-hybridized carbons (Fsp3) is 0.350. The average Bonchev–Trinajstić information content (AvgIpc) is 2.65. The van der Waals surface area contributed by atoms with Gasteiger partial charge in [-0.05, 0) is 36.8 Å². The number of anilines is 1. The highest BCUT2D eigenvalue weighted by atomic mass is 19.1. The van der Waals surface area contributed by atoms with Crippen molar-refractivity contribution in [3.63, 3.8) is 0 Å². The van der Waals surface area contributed by atoms with Crippen LogP contribution in [0.5, 0.6) is 0 Å². The first-order chi connectivity index (χ1) is 12.1. The van der Waals surface area contributed by atoms with Gasteiger partial charge in [0.1, 0.15) is 5.82 Å². The maximum atomic E-state index is 13.5. The number of para-hydroxylation sites is 1. The molecule has 1 N–H and O–H groups in total. The van der Waals surface area contributed by atoms with Gasteiger partial charge in [-0.3, -0.25) is 9.69 Å². The summed E-state index contributed by atoms with van der Waals surface area (Å²) in [6.45, 7) is 6.99. The summed E-state index contributed by atoms with van der Waals surface area (Å²) in [6, 6.07) is 15.0. The zero-order valence-corrected chi connectivity index (χ0v) is 14.5. The molecule has 3 rings (SSSR count). The number of hydrogen-bond acceptors (Lipinski definition) is 3. The van der Waals surface area contributed by atoms with Crippen LogP contribution in [0.15, 0.2) is 48.5 Å². The van der Waals surface area contributed by atoms with Crippen LogP contribution in [0.25, 0.3) is 0 Å². The van der Waals surface area contributed by atoms with Gasteiger partial charge in [0.2, 0.25) is 0 Å². The number of halogens is 1. The Morgan fingerprint density at radius 1 is 1.08 bits per heavy atom. The first kappa shape index (κ1) is 17.4. The topological polar surface area (TPSA) is 35.6 Å². The van der Waals surface area contributed by atoms with E-state index in [4.69, 9.17) is 0 Å². The average molecular weight is 341 g/mol. The smallest absolute Gasteiger partial charge is 0.251 e. The lowest BCUT2D eigenvalue weighted by molar-refractivity contribution is 0.0947. The number of piperazine rings is 1. The number of carbonyl (C=O) groups is 1. The van der Waals surface area contributed by atoms with E-state index < -0.39 is 0 Å². The Bertz CT molecular complexity index is 712. The molecule has 0 aliphatic carbocycles. The molecule has 0 spiro atoms. The first-order valence-electron chi connectivity index (χ1n) is 8.70. The summed E-state index contributed by atoms with van der Waals surface area (Å²) in [4.78, 5) is 16.8. The Balaban J connectivity index is 1.41. The molecule has 1 aliphatic heterocycles. The molecule has 0 saturated carbocycles. The van der Waals surface area contributed by atoms with Gasteiger partial charge >= 0.3 is 0 Å². The van der Waals surface area contributed by atoms with E-state index in [1.165, 1.54) is 11.8 Å². The summed E-state index contributed by atoms with van der Waals surface area (Å²) < 4.78 is 13.5. The van der Waals surface area contributed by atoms with Crippen LogP contribution in [0.4, 0.5) is 10.1 Å². The third-order valence-electron chi connectivity index (χ3n) is 4.64. The number of nitrogens with one attached hydrogen (secondary N) is 1. The molecule has 0 aromatic heterocycles. The summed E-state index contributed by atoms with van der Waals surface area (Å²) in [5, 5.41) is 2.87. The highest BCUT2D eigenvalue weighted by Gasteiger charge is 2.17. The number of rotatable bonds is 5. The molecule has 132 valence electrons. The van der Waals surface area contributed by atoms with Crippen molar-refractivity contribution in [2.75, 3.05) is 44.2 Å². The monoisotopic (exact) mass is 341 g/mol. The van der Waals surface area contributed by atoms with Gasteiger partial charge in [-0.15, -0.1) is 0 Å². The summed E-state index contributed by atoms with van der Waals surface area (Å²) >= 11 is 0. The van der Waals surface area contributed by atoms with Crippen molar-refractivity contribution in [1.82, 2.24) is 10.2 Å². The van der Waals surface area contributed by atoms with E-state index in [0.717, 1.165) is 32.7 Å². The Hall–Kier alpha value is -2.40. The van der Waals surface area contributed by atoms with E-state index in [1.54, 1.807) is 19.1 Å². The predicted octanol–water partition coefficient (Wildman–Crippen LogP) is 2.69. The zero-order chi connectivity index (χ0) is 17.6. The Labute approximate surface area is 148 Å². The lowest BCUT2D eigenvalue weighted by Gasteiger charge is -2.36. The second kappa shape index (κ2) is 8.12. The second-order valence-corrected chi connectivity index (χ2v) is 6.38. The van der Waals surface area contributed by atoms with Crippen molar-refractivity contribution in [2.24, 2.45) is 0 Å². The number of benzene rings is 2. The maximum absolute atomic E-state index is 13.5. The Morgan fingerprint density at radius 3 is 2.48 bits per heavy atom. The minimum atomic E-state index is -0.343. The number of nitrogens with zero attached hydrogens (tertiary/aromatic N) is 2. The van der Waals surface area contributed by atoms with Crippen LogP contribution in [-0.4, -0.2) is 50.1 Å². The number of amides is 1. The minimum Gasteiger partial charge on any atom is -0.369 e. The van der Waals surface area contributed by atoms with Crippen LogP contribution < -0.4 is 10.2 Å². The molecule has 0 atom stereocenters. The SMILES string of the molecule is Cc1ccc(C(=O)NCCN2CCN(c3ccccc3)CC2)cc1F. The third-order valence-corrected chi connectivity index (χ3v) is 4.64. The van der Waals surface area contributed by atoms with E-state index >= 15 is 0 Å². The van der Waals surface area contributed by atoms with E-state index in [1.807, 2.05) is 6.07 Å². The lowest BCUT2D eigenvalue weighted by Crippen LogP contribution is -2.48. The molecule has 1 amide bonds. The quantitative estimate of drug-likeness (QED) is 0.908. The van der Waals surface area contributed by atoms with Crippen LogP contribution in [-0.2, 0) is 0 Å². The molecule has 1 saturated heterocycles. The largest absolute Gasteiger partial charge is 0.369 e. The van der Waals surface area contributed by atoms with E-state index in [2.05, 4.69) is 39.4 Å². The molecule has 0 unspecified atom stereocenters. The molecular weight excluding hydrogens is 317 g/mol.